The van der Waals surface area contributed by atoms with Gasteiger partial charge in [0.05, 0.1) is 24.6 Å². The van der Waals surface area contributed by atoms with Crippen LogP contribution in [0.5, 0.6) is 0 Å². The molecular weight excluding hydrogens is 232 g/mol. The van der Waals surface area contributed by atoms with Gasteiger partial charge in [-0.1, -0.05) is 0 Å². The van der Waals surface area contributed by atoms with Gasteiger partial charge in [-0.25, -0.2) is 4.98 Å². The average molecular weight is 247 g/mol. The van der Waals surface area contributed by atoms with Crippen molar-refractivity contribution < 1.29 is 9.47 Å². The van der Waals surface area contributed by atoms with E-state index in [-0.39, 0.29) is 11.4 Å². The quantitative estimate of drug-likeness (QED) is 0.722. The second kappa shape index (κ2) is 6.47. The maximum absolute atomic E-state index is 5.67. The molecule has 0 aliphatic heterocycles. The van der Waals surface area contributed by atoms with Crippen molar-refractivity contribution in [3.63, 3.8) is 0 Å². The molecule has 1 atom stereocenters. The first-order chi connectivity index (χ1) is 7.67. The SMILES string of the molecule is COCC(CNc1nc(Cl)ncc1N)OC. The Morgan fingerprint density at radius 3 is 2.94 bits per heavy atom. The highest BCUT2D eigenvalue weighted by Gasteiger charge is 2.09. The largest absolute Gasteiger partial charge is 0.394 e. The van der Waals surface area contributed by atoms with E-state index in [1.165, 1.54) is 6.20 Å². The summed E-state index contributed by atoms with van der Waals surface area (Å²) in [6.07, 6.45) is 1.38. The molecule has 1 unspecified atom stereocenters. The van der Waals surface area contributed by atoms with Crippen LogP contribution in [0, 0.1) is 0 Å². The Bertz CT molecular complexity index is 337. The molecule has 3 N–H and O–H groups in total. The van der Waals surface area contributed by atoms with Gasteiger partial charge in [0.1, 0.15) is 0 Å². The lowest BCUT2D eigenvalue weighted by atomic mass is 10.3. The third kappa shape index (κ3) is 3.80. The standard InChI is InChI=1S/C9H15ClN4O2/c1-15-5-6(16-2)3-12-8-7(11)4-13-9(10)14-8/h4,6H,3,5,11H2,1-2H3,(H,12,13,14). The first kappa shape index (κ1) is 13.0. The predicted molar refractivity (Wildman–Crippen MR) is 62.6 cm³/mol. The van der Waals surface area contributed by atoms with Gasteiger partial charge in [0, 0.05) is 20.8 Å². The zero-order valence-electron chi connectivity index (χ0n) is 9.24. The number of rotatable bonds is 6. The zero-order valence-corrected chi connectivity index (χ0v) is 9.99. The summed E-state index contributed by atoms with van der Waals surface area (Å²) in [6.45, 7) is 1.02. The number of hydrogen-bond acceptors (Lipinski definition) is 6. The Morgan fingerprint density at radius 1 is 1.56 bits per heavy atom. The minimum atomic E-state index is -0.0712. The molecule has 7 heteroatoms. The Kier molecular flexibility index (Phi) is 5.24. The first-order valence-electron chi connectivity index (χ1n) is 4.71. The van der Waals surface area contributed by atoms with Crippen molar-refractivity contribution in [1.82, 2.24) is 9.97 Å². The number of halogens is 1. The molecule has 0 saturated carbocycles. The number of aromatic nitrogens is 2. The normalized spacial score (nSPS) is 12.4. The van der Waals surface area contributed by atoms with E-state index in [4.69, 9.17) is 26.8 Å². The second-order valence-corrected chi connectivity index (χ2v) is 3.47. The number of hydrogen-bond donors (Lipinski definition) is 2. The summed E-state index contributed by atoms with van der Waals surface area (Å²) in [6, 6.07) is 0. The topological polar surface area (TPSA) is 82.3 Å². The first-order valence-corrected chi connectivity index (χ1v) is 5.08. The second-order valence-electron chi connectivity index (χ2n) is 3.14. The smallest absolute Gasteiger partial charge is 0.224 e. The summed E-state index contributed by atoms with van der Waals surface area (Å²) in [5.74, 6) is 0.498. The molecule has 1 heterocycles. The van der Waals surface area contributed by atoms with E-state index in [9.17, 15) is 0 Å². The number of nitrogens with zero attached hydrogens (tertiary/aromatic N) is 2. The van der Waals surface area contributed by atoms with Crippen molar-refractivity contribution in [1.29, 1.82) is 0 Å². The number of ether oxygens (including phenoxy) is 2. The molecule has 0 radical (unpaired) electrons. The molecule has 1 aromatic heterocycles. The average Bonchev–Trinajstić information content (AvgIpc) is 2.28. The van der Waals surface area contributed by atoms with Crippen molar-refractivity contribution in [2.45, 2.75) is 6.10 Å². The highest BCUT2D eigenvalue weighted by Crippen LogP contribution is 2.15. The lowest BCUT2D eigenvalue weighted by Gasteiger charge is -2.15. The number of nitrogens with one attached hydrogen (secondary N) is 1. The van der Waals surface area contributed by atoms with Crippen LogP contribution in [0.3, 0.4) is 0 Å². The van der Waals surface area contributed by atoms with Crippen molar-refractivity contribution in [3.8, 4) is 0 Å². The maximum atomic E-state index is 5.67. The molecule has 0 aromatic carbocycles. The molecule has 1 aromatic rings. The van der Waals surface area contributed by atoms with Gasteiger partial charge >= 0.3 is 0 Å². The van der Waals surface area contributed by atoms with Crippen LogP contribution in [-0.2, 0) is 9.47 Å². The maximum Gasteiger partial charge on any atom is 0.224 e. The van der Waals surface area contributed by atoms with Crippen LogP contribution >= 0.6 is 11.6 Å². The number of anilines is 2. The molecule has 1 rings (SSSR count). The summed E-state index contributed by atoms with van der Waals surface area (Å²) < 4.78 is 10.2. The van der Waals surface area contributed by atoms with Crippen molar-refractivity contribution in [2.24, 2.45) is 0 Å². The highest BCUT2D eigenvalue weighted by molar-refractivity contribution is 6.28. The van der Waals surface area contributed by atoms with Gasteiger partial charge in [0.15, 0.2) is 5.82 Å². The van der Waals surface area contributed by atoms with Crippen LogP contribution in [0.25, 0.3) is 0 Å². The Hall–Kier alpha value is -1.11. The third-order valence-electron chi connectivity index (χ3n) is 1.97. The van der Waals surface area contributed by atoms with E-state index < -0.39 is 0 Å². The van der Waals surface area contributed by atoms with Gasteiger partial charge in [-0.3, -0.25) is 0 Å². The molecule has 6 nitrogen and oxygen atoms in total. The van der Waals surface area contributed by atoms with Crippen molar-refractivity contribution in [2.75, 3.05) is 38.4 Å². The van der Waals surface area contributed by atoms with E-state index in [0.717, 1.165) is 0 Å². The molecule has 0 bridgehead atoms. The molecule has 0 aliphatic carbocycles. The fraction of sp³-hybridized carbons (Fsp3) is 0.556. The van der Waals surface area contributed by atoms with Gasteiger partial charge in [-0.2, -0.15) is 4.98 Å². The Morgan fingerprint density at radius 2 is 2.31 bits per heavy atom. The number of nitrogen functional groups attached to an aromatic ring is 1. The summed E-state index contributed by atoms with van der Waals surface area (Å²) in [5, 5.41) is 3.17. The summed E-state index contributed by atoms with van der Waals surface area (Å²) >= 11 is 5.65. The number of methoxy groups -OCH3 is 2. The molecule has 0 aliphatic rings. The molecule has 16 heavy (non-hydrogen) atoms. The van der Waals surface area contributed by atoms with Crippen LogP contribution in [-0.4, -0.2) is 43.4 Å². The minimum absolute atomic E-state index is 0.0712. The third-order valence-corrected chi connectivity index (χ3v) is 2.15. The molecule has 0 fully saturated rings. The molecule has 90 valence electrons. The lowest BCUT2D eigenvalue weighted by Crippen LogP contribution is -2.27. The molecular formula is C9H15ClN4O2. The van der Waals surface area contributed by atoms with Crippen LogP contribution in [0.4, 0.5) is 11.5 Å². The monoisotopic (exact) mass is 246 g/mol. The zero-order chi connectivity index (χ0) is 12.0. The van der Waals surface area contributed by atoms with E-state index in [1.807, 2.05) is 0 Å². The van der Waals surface area contributed by atoms with Gasteiger partial charge in [0.25, 0.3) is 0 Å². The van der Waals surface area contributed by atoms with E-state index in [2.05, 4.69) is 15.3 Å². The van der Waals surface area contributed by atoms with E-state index >= 15 is 0 Å². The minimum Gasteiger partial charge on any atom is -0.394 e. The van der Waals surface area contributed by atoms with E-state index in [1.54, 1.807) is 14.2 Å². The highest BCUT2D eigenvalue weighted by atomic mass is 35.5. The van der Waals surface area contributed by atoms with Crippen molar-refractivity contribution in [3.05, 3.63) is 11.5 Å². The molecule has 0 saturated heterocycles. The van der Waals surface area contributed by atoms with Crippen LogP contribution in [0.15, 0.2) is 6.20 Å². The van der Waals surface area contributed by atoms with Gasteiger partial charge in [-0.05, 0) is 11.6 Å². The Balaban J connectivity index is 2.55. The molecule has 0 amide bonds. The summed E-state index contributed by atoms with van der Waals surface area (Å²) in [7, 11) is 3.23. The molecule has 0 spiro atoms. The number of nitrogens with two attached hydrogens (primary N) is 1. The van der Waals surface area contributed by atoms with Gasteiger partial charge in [0.2, 0.25) is 5.28 Å². The predicted octanol–water partition coefficient (Wildman–Crippen LogP) is 0.786. The van der Waals surface area contributed by atoms with Gasteiger partial charge < -0.3 is 20.5 Å². The van der Waals surface area contributed by atoms with Crippen LogP contribution in [0.1, 0.15) is 0 Å². The fourth-order valence-electron chi connectivity index (χ4n) is 1.12. The Labute approximate surface area is 99.1 Å². The van der Waals surface area contributed by atoms with E-state index in [0.29, 0.717) is 24.7 Å². The van der Waals surface area contributed by atoms with Crippen LogP contribution in [0.2, 0.25) is 5.28 Å². The van der Waals surface area contributed by atoms with Gasteiger partial charge in [-0.15, -0.1) is 0 Å². The van der Waals surface area contributed by atoms with Crippen LogP contribution < -0.4 is 11.1 Å². The fourth-order valence-corrected chi connectivity index (χ4v) is 1.25. The summed E-state index contributed by atoms with van der Waals surface area (Å²) in [5.41, 5.74) is 6.11. The lowest BCUT2D eigenvalue weighted by molar-refractivity contribution is 0.0365. The summed E-state index contributed by atoms with van der Waals surface area (Å²) in [4.78, 5) is 7.72. The van der Waals surface area contributed by atoms with Crippen molar-refractivity contribution >= 4 is 23.1 Å².